The maximum atomic E-state index is 13.0. The summed E-state index contributed by atoms with van der Waals surface area (Å²) in [6.07, 6.45) is 3.47. The Morgan fingerprint density at radius 2 is 1.76 bits per heavy atom. The number of nitrogens with one attached hydrogen (secondary N) is 1. The zero-order valence-electron chi connectivity index (χ0n) is 23.9. The van der Waals surface area contributed by atoms with Crippen molar-refractivity contribution in [2.75, 3.05) is 11.9 Å². The molecule has 6 rings (SSSR count). The first kappa shape index (κ1) is 27.0. The first-order chi connectivity index (χ1) is 19.7. The molecule has 2 heterocycles. The molecule has 2 fully saturated rings. The van der Waals surface area contributed by atoms with Crippen molar-refractivity contribution in [3.8, 4) is 11.3 Å². The van der Waals surface area contributed by atoms with Crippen LogP contribution in [0.2, 0.25) is 0 Å². The second-order valence-electron chi connectivity index (χ2n) is 12.2. The van der Waals surface area contributed by atoms with E-state index in [4.69, 9.17) is 10.5 Å². The van der Waals surface area contributed by atoms with E-state index in [2.05, 4.69) is 72.5 Å². The molecule has 1 aliphatic heterocycles. The fourth-order valence-corrected chi connectivity index (χ4v) is 5.63. The number of benzene rings is 3. The van der Waals surface area contributed by atoms with Gasteiger partial charge in [-0.2, -0.15) is 0 Å². The molecule has 1 unspecified atom stereocenters. The topological polar surface area (TPSA) is 93.4 Å². The molecule has 1 aromatic heterocycles. The van der Waals surface area contributed by atoms with Gasteiger partial charge in [-0.25, -0.2) is 14.8 Å². The number of carbonyl (C=O) groups excluding carboxylic acids is 1. The molecule has 210 valence electrons. The Balaban J connectivity index is 1.09. The lowest BCUT2D eigenvalue weighted by Crippen LogP contribution is -2.41. The molecule has 41 heavy (non-hydrogen) atoms. The van der Waals surface area contributed by atoms with Gasteiger partial charge in [0.25, 0.3) is 0 Å². The van der Waals surface area contributed by atoms with E-state index in [0.717, 1.165) is 41.2 Å². The van der Waals surface area contributed by atoms with Crippen LogP contribution in [0.15, 0.2) is 91.3 Å². The smallest absolute Gasteiger partial charge is 0.411 e. The number of amides is 1. The minimum atomic E-state index is -0.346. The Morgan fingerprint density at radius 3 is 2.46 bits per heavy atom. The van der Waals surface area contributed by atoms with Gasteiger partial charge in [0.05, 0.1) is 17.8 Å². The maximum absolute atomic E-state index is 13.0. The first-order valence-electron chi connectivity index (χ1n) is 14.3. The van der Waals surface area contributed by atoms with Crippen LogP contribution in [0, 0.1) is 0 Å². The van der Waals surface area contributed by atoms with Gasteiger partial charge in [0.1, 0.15) is 18.2 Å². The lowest BCUT2D eigenvalue weighted by atomic mass is 9.85. The highest BCUT2D eigenvalue weighted by atomic mass is 16.6. The van der Waals surface area contributed by atoms with Crippen molar-refractivity contribution < 1.29 is 9.53 Å². The summed E-state index contributed by atoms with van der Waals surface area (Å²) in [6.45, 7) is 7.15. The third-order valence-corrected chi connectivity index (χ3v) is 8.25. The van der Waals surface area contributed by atoms with Gasteiger partial charge in [-0.05, 0) is 53.5 Å². The van der Waals surface area contributed by atoms with E-state index in [0.29, 0.717) is 13.0 Å². The first-order valence-corrected chi connectivity index (χ1v) is 14.3. The number of hydrogen-bond donors (Lipinski definition) is 2. The van der Waals surface area contributed by atoms with Gasteiger partial charge in [-0.15, -0.1) is 0 Å². The summed E-state index contributed by atoms with van der Waals surface area (Å²) in [5.74, 6) is 0.725. The number of rotatable bonds is 8. The Kier molecular flexibility index (Phi) is 6.99. The molecule has 0 radical (unpaired) electrons. The summed E-state index contributed by atoms with van der Waals surface area (Å²) < 4.78 is 5.84. The molecule has 0 spiro atoms. The Hall–Kier alpha value is -4.23. The Bertz CT molecular complexity index is 1530. The molecule has 1 saturated heterocycles. The standard InChI is InChI=1S/C34H37N5O2/c1-33(2,3)25-10-7-11-26(19-25)34(16-17-34)39-21-30(41-32(39)40)28(35)18-23-12-14-27(15-13-23)38-31-20-29(36-22-37-31)24-8-5-4-6-9-24/h4-15,19-20,22,28,30H,16-18,21,35H2,1-3H3,(H,36,37,38)/t28-,30?/m0/s1. The van der Waals surface area contributed by atoms with Crippen molar-refractivity contribution in [2.24, 2.45) is 5.73 Å². The molecule has 0 bridgehead atoms. The maximum Gasteiger partial charge on any atom is 0.411 e. The van der Waals surface area contributed by atoms with Crippen LogP contribution >= 0.6 is 0 Å². The van der Waals surface area contributed by atoms with Crippen LogP contribution in [0.25, 0.3) is 11.3 Å². The molecule has 1 aliphatic carbocycles. The lowest BCUT2D eigenvalue weighted by Gasteiger charge is -2.28. The van der Waals surface area contributed by atoms with Gasteiger partial charge < -0.3 is 15.8 Å². The van der Waals surface area contributed by atoms with Crippen molar-refractivity contribution in [1.82, 2.24) is 14.9 Å². The van der Waals surface area contributed by atoms with Crippen LogP contribution in [0.4, 0.5) is 16.3 Å². The van der Waals surface area contributed by atoms with Gasteiger partial charge in [-0.3, -0.25) is 4.90 Å². The molecule has 3 N–H and O–H groups in total. The SMILES string of the molecule is CC(C)(C)c1cccc(C2(N3CC([C@@H](N)Cc4ccc(Nc5cc(-c6ccccc6)ncn5)cc4)OC3=O)CC2)c1. The van der Waals surface area contributed by atoms with Crippen molar-refractivity contribution in [3.05, 3.63) is 108 Å². The van der Waals surface area contributed by atoms with E-state index in [-0.39, 0.29) is 29.2 Å². The number of ether oxygens (including phenoxy) is 1. The van der Waals surface area contributed by atoms with E-state index in [1.54, 1.807) is 6.33 Å². The molecule has 2 aliphatic rings. The summed E-state index contributed by atoms with van der Waals surface area (Å²) in [7, 11) is 0. The largest absolute Gasteiger partial charge is 0.443 e. The summed E-state index contributed by atoms with van der Waals surface area (Å²) in [5, 5.41) is 3.36. The number of hydrogen-bond acceptors (Lipinski definition) is 6. The summed E-state index contributed by atoms with van der Waals surface area (Å²) >= 11 is 0. The molecule has 7 nitrogen and oxygen atoms in total. The zero-order valence-corrected chi connectivity index (χ0v) is 23.9. The molecule has 7 heteroatoms. The number of anilines is 2. The van der Waals surface area contributed by atoms with Crippen LogP contribution in [0.5, 0.6) is 0 Å². The number of cyclic esters (lactones) is 1. The summed E-state index contributed by atoms with van der Waals surface area (Å²) in [4.78, 5) is 23.7. The van der Waals surface area contributed by atoms with Gasteiger partial charge in [0, 0.05) is 23.4 Å². The minimum Gasteiger partial charge on any atom is -0.443 e. The van der Waals surface area contributed by atoms with Gasteiger partial charge >= 0.3 is 6.09 Å². The lowest BCUT2D eigenvalue weighted by molar-refractivity contribution is 0.116. The van der Waals surface area contributed by atoms with Crippen molar-refractivity contribution in [3.63, 3.8) is 0 Å². The predicted octanol–water partition coefficient (Wildman–Crippen LogP) is 6.56. The van der Waals surface area contributed by atoms with E-state index in [9.17, 15) is 4.79 Å². The average molecular weight is 548 g/mol. The Morgan fingerprint density at radius 1 is 1.00 bits per heavy atom. The van der Waals surface area contributed by atoms with Gasteiger partial charge in [0.2, 0.25) is 0 Å². The number of nitrogens with two attached hydrogens (primary N) is 1. The number of carbonyl (C=O) groups is 1. The molecule has 4 aromatic rings. The monoisotopic (exact) mass is 547 g/mol. The number of nitrogens with zero attached hydrogens (tertiary/aromatic N) is 3. The second-order valence-corrected chi connectivity index (χ2v) is 12.2. The molecule has 2 atom stereocenters. The second kappa shape index (κ2) is 10.6. The fraction of sp³-hybridized carbons (Fsp3) is 0.324. The predicted molar refractivity (Wildman–Crippen MR) is 162 cm³/mol. The molecule has 1 amide bonds. The average Bonchev–Trinajstić information content (AvgIpc) is 3.69. The minimum absolute atomic E-state index is 0.0491. The van der Waals surface area contributed by atoms with E-state index < -0.39 is 0 Å². The van der Waals surface area contributed by atoms with Gasteiger partial charge in [0.15, 0.2) is 0 Å². The van der Waals surface area contributed by atoms with Gasteiger partial charge in [-0.1, -0.05) is 87.5 Å². The highest BCUT2D eigenvalue weighted by Gasteiger charge is 2.56. The van der Waals surface area contributed by atoms with Crippen LogP contribution in [0.1, 0.15) is 50.3 Å². The zero-order chi connectivity index (χ0) is 28.6. The van der Waals surface area contributed by atoms with Crippen molar-refractivity contribution in [1.29, 1.82) is 0 Å². The molecular weight excluding hydrogens is 510 g/mol. The Labute approximate surface area is 241 Å². The fourth-order valence-electron chi connectivity index (χ4n) is 5.63. The number of aromatic nitrogens is 2. The normalized spacial score (nSPS) is 18.6. The highest BCUT2D eigenvalue weighted by molar-refractivity contribution is 5.72. The van der Waals surface area contributed by atoms with Crippen molar-refractivity contribution >= 4 is 17.6 Å². The highest BCUT2D eigenvalue weighted by Crippen LogP contribution is 2.53. The third-order valence-electron chi connectivity index (χ3n) is 8.25. The molecular formula is C34H37N5O2. The van der Waals surface area contributed by atoms with E-state index >= 15 is 0 Å². The summed E-state index contributed by atoms with van der Waals surface area (Å²) in [6, 6.07) is 28.5. The van der Waals surface area contributed by atoms with Crippen LogP contribution in [-0.4, -0.2) is 39.7 Å². The van der Waals surface area contributed by atoms with E-state index in [1.807, 2.05) is 53.4 Å². The van der Waals surface area contributed by atoms with Crippen molar-refractivity contribution in [2.45, 2.75) is 63.1 Å². The van der Waals surface area contributed by atoms with Crippen LogP contribution in [-0.2, 0) is 22.1 Å². The van der Waals surface area contributed by atoms with Crippen LogP contribution < -0.4 is 11.1 Å². The summed E-state index contributed by atoms with van der Waals surface area (Å²) in [5.41, 5.74) is 12.8. The van der Waals surface area contributed by atoms with E-state index in [1.165, 1.54) is 11.1 Å². The third kappa shape index (κ3) is 5.68. The molecule has 3 aromatic carbocycles. The molecule has 1 saturated carbocycles. The quantitative estimate of drug-likeness (QED) is 0.259. The van der Waals surface area contributed by atoms with Crippen LogP contribution in [0.3, 0.4) is 0 Å².